The molecule has 2 rings (SSSR count). The first-order valence-electron chi connectivity index (χ1n) is 6.73. The first-order chi connectivity index (χ1) is 10.1. The minimum atomic E-state index is -0.265. The number of anilines is 1. The Balaban J connectivity index is 1.90. The molecule has 1 aromatic carbocycles. The van der Waals surface area contributed by atoms with E-state index in [0.717, 1.165) is 28.8 Å². The van der Waals surface area contributed by atoms with E-state index in [9.17, 15) is 4.79 Å². The van der Waals surface area contributed by atoms with Crippen molar-refractivity contribution in [2.45, 2.75) is 37.1 Å². The topological polar surface area (TPSA) is 70.7 Å². The number of nitrogens with one attached hydrogen (secondary N) is 2. The molecule has 0 saturated heterocycles. The number of hydrogen-bond donors (Lipinski definition) is 2. The minimum absolute atomic E-state index is 0.0656. The number of hydrogen-bond acceptors (Lipinski definition) is 4. The summed E-state index contributed by atoms with van der Waals surface area (Å²) in [5, 5.41) is 10.2. The van der Waals surface area contributed by atoms with Gasteiger partial charge in [-0.05, 0) is 37.6 Å². The number of halogens is 1. The average Bonchev–Trinajstić information content (AvgIpc) is 2.89. The second kappa shape index (κ2) is 7.61. The Labute approximate surface area is 136 Å². The standard InChI is InChI=1S/C14H17BrN4OS/c1-3-4-12-17-14(19-18-12)21-9(2)13(20)16-11-7-5-10(15)6-8-11/h5-9H,3-4H2,1-2H3,(H,16,20)(H,17,18,19). The molecular weight excluding hydrogens is 352 g/mol. The van der Waals surface area contributed by atoms with E-state index in [1.807, 2.05) is 31.2 Å². The zero-order chi connectivity index (χ0) is 15.2. The maximum Gasteiger partial charge on any atom is 0.237 e. The van der Waals surface area contributed by atoms with Crippen LogP contribution in [0.25, 0.3) is 0 Å². The fourth-order valence-corrected chi connectivity index (χ4v) is 2.68. The number of thioether (sulfide) groups is 1. The maximum atomic E-state index is 12.1. The van der Waals surface area contributed by atoms with Gasteiger partial charge in [0.15, 0.2) is 0 Å². The van der Waals surface area contributed by atoms with Gasteiger partial charge in [-0.25, -0.2) is 4.98 Å². The number of aryl methyl sites for hydroxylation is 1. The molecule has 0 aliphatic rings. The predicted molar refractivity (Wildman–Crippen MR) is 88.5 cm³/mol. The van der Waals surface area contributed by atoms with E-state index >= 15 is 0 Å². The van der Waals surface area contributed by atoms with E-state index in [1.54, 1.807) is 0 Å². The number of carbonyl (C=O) groups is 1. The van der Waals surface area contributed by atoms with Crippen molar-refractivity contribution in [2.24, 2.45) is 0 Å². The normalized spacial score (nSPS) is 12.1. The van der Waals surface area contributed by atoms with Crippen molar-refractivity contribution in [1.82, 2.24) is 15.2 Å². The summed E-state index contributed by atoms with van der Waals surface area (Å²) < 4.78 is 0.979. The molecule has 2 N–H and O–H groups in total. The van der Waals surface area contributed by atoms with E-state index in [4.69, 9.17) is 0 Å². The van der Waals surface area contributed by atoms with Crippen molar-refractivity contribution in [3.8, 4) is 0 Å². The van der Waals surface area contributed by atoms with Crippen LogP contribution >= 0.6 is 27.7 Å². The van der Waals surface area contributed by atoms with Crippen LogP contribution in [0.4, 0.5) is 5.69 Å². The van der Waals surface area contributed by atoms with Gasteiger partial charge in [-0.1, -0.05) is 34.6 Å². The molecule has 5 nitrogen and oxygen atoms in total. The fraction of sp³-hybridized carbons (Fsp3) is 0.357. The van der Waals surface area contributed by atoms with Crippen molar-refractivity contribution in [1.29, 1.82) is 0 Å². The minimum Gasteiger partial charge on any atom is -0.325 e. The number of amides is 1. The van der Waals surface area contributed by atoms with Crippen molar-refractivity contribution >= 4 is 39.3 Å². The highest BCUT2D eigenvalue weighted by molar-refractivity contribution is 9.10. The van der Waals surface area contributed by atoms with Gasteiger partial charge < -0.3 is 5.32 Å². The third-order valence-electron chi connectivity index (χ3n) is 2.76. The van der Waals surface area contributed by atoms with Crippen molar-refractivity contribution < 1.29 is 4.79 Å². The summed E-state index contributed by atoms with van der Waals surface area (Å²) >= 11 is 4.71. The van der Waals surface area contributed by atoms with Crippen molar-refractivity contribution in [3.05, 3.63) is 34.6 Å². The summed E-state index contributed by atoms with van der Waals surface area (Å²) in [6.07, 6.45) is 1.88. The molecule has 1 atom stereocenters. The fourth-order valence-electron chi connectivity index (χ4n) is 1.67. The van der Waals surface area contributed by atoms with E-state index < -0.39 is 0 Å². The molecule has 0 radical (unpaired) electrons. The van der Waals surface area contributed by atoms with Crippen LogP contribution in [-0.2, 0) is 11.2 Å². The molecule has 7 heteroatoms. The van der Waals surface area contributed by atoms with Crippen LogP contribution in [-0.4, -0.2) is 26.3 Å². The van der Waals surface area contributed by atoms with Crippen LogP contribution in [0.5, 0.6) is 0 Å². The summed E-state index contributed by atoms with van der Waals surface area (Å²) in [4.78, 5) is 16.5. The average molecular weight is 369 g/mol. The Kier molecular flexibility index (Phi) is 5.81. The zero-order valence-electron chi connectivity index (χ0n) is 11.9. The lowest BCUT2D eigenvalue weighted by molar-refractivity contribution is -0.115. The van der Waals surface area contributed by atoms with E-state index in [-0.39, 0.29) is 11.2 Å². The first kappa shape index (κ1) is 16.0. The molecule has 0 aliphatic heterocycles. The molecule has 0 fully saturated rings. The van der Waals surface area contributed by atoms with Crippen LogP contribution in [0.3, 0.4) is 0 Å². The number of carbonyl (C=O) groups excluding carboxylic acids is 1. The Hall–Kier alpha value is -1.34. The molecule has 0 saturated carbocycles. The van der Waals surface area contributed by atoms with Gasteiger partial charge in [0.05, 0.1) is 5.25 Å². The van der Waals surface area contributed by atoms with Crippen molar-refractivity contribution in [3.63, 3.8) is 0 Å². The maximum absolute atomic E-state index is 12.1. The van der Waals surface area contributed by atoms with Gasteiger partial charge in [0.25, 0.3) is 0 Å². The summed E-state index contributed by atoms with van der Waals surface area (Å²) in [5.74, 6) is 0.796. The Bertz CT molecular complexity index is 599. The van der Waals surface area contributed by atoms with Crippen LogP contribution in [0, 0.1) is 0 Å². The quantitative estimate of drug-likeness (QED) is 0.763. The summed E-state index contributed by atoms with van der Waals surface area (Å²) in [7, 11) is 0. The van der Waals surface area contributed by atoms with Gasteiger partial charge in [-0.3, -0.25) is 9.89 Å². The lowest BCUT2D eigenvalue weighted by Gasteiger charge is -2.10. The van der Waals surface area contributed by atoms with Gasteiger partial charge in [0, 0.05) is 16.6 Å². The van der Waals surface area contributed by atoms with Gasteiger partial charge in [0.2, 0.25) is 11.1 Å². The number of aromatic amines is 1. The number of aromatic nitrogens is 3. The summed E-state index contributed by atoms with van der Waals surface area (Å²) in [6, 6.07) is 7.48. The van der Waals surface area contributed by atoms with Gasteiger partial charge in [-0.15, -0.1) is 5.10 Å². The van der Waals surface area contributed by atoms with E-state index in [0.29, 0.717) is 5.16 Å². The van der Waals surface area contributed by atoms with Gasteiger partial charge in [0.1, 0.15) is 5.82 Å². The molecular formula is C14H17BrN4OS. The highest BCUT2D eigenvalue weighted by Gasteiger charge is 2.17. The molecule has 1 amide bonds. The number of nitrogens with zero attached hydrogens (tertiary/aromatic N) is 2. The number of H-pyrrole nitrogens is 1. The molecule has 1 heterocycles. The molecule has 112 valence electrons. The highest BCUT2D eigenvalue weighted by Crippen LogP contribution is 2.21. The Morgan fingerprint density at radius 1 is 1.43 bits per heavy atom. The smallest absolute Gasteiger partial charge is 0.237 e. The van der Waals surface area contributed by atoms with Gasteiger partial charge in [-0.2, -0.15) is 0 Å². The van der Waals surface area contributed by atoms with E-state index in [1.165, 1.54) is 11.8 Å². The molecule has 0 spiro atoms. The molecule has 1 unspecified atom stereocenters. The van der Waals surface area contributed by atoms with E-state index in [2.05, 4.69) is 43.4 Å². The van der Waals surface area contributed by atoms with Crippen LogP contribution in [0.2, 0.25) is 0 Å². The Morgan fingerprint density at radius 2 is 2.14 bits per heavy atom. The number of benzene rings is 1. The lowest BCUT2D eigenvalue weighted by atomic mass is 10.3. The molecule has 1 aromatic heterocycles. The SMILES string of the molecule is CCCc1nc(SC(C)C(=O)Nc2ccc(Br)cc2)n[nH]1. The Morgan fingerprint density at radius 3 is 2.81 bits per heavy atom. The molecule has 0 bridgehead atoms. The highest BCUT2D eigenvalue weighted by atomic mass is 79.9. The third-order valence-corrected chi connectivity index (χ3v) is 4.25. The zero-order valence-corrected chi connectivity index (χ0v) is 14.3. The van der Waals surface area contributed by atoms with Crippen molar-refractivity contribution in [2.75, 3.05) is 5.32 Å². The molecule has 2 aromatic rings. The first-order valence-corrected chi connectivity index (χ1v) is 8.40. The lowest BCUT2D eigenvalue weighted by Crippen LogP contribution is -2.22. The van der Waals surface area contributed by atoms with Crippen LogP contribution < -0.4 is 5.32 Å². The third kappa shape index (κ3) is 4.86. The van der Waals surface area contributed by atoms with Crippen LogP contribution in [0.15, 0.2) is 33.9 Å². The monoisotopic (exact) mass is 368 g/mol. The number of rotatable bonds is 6. The molecule has 0 aliphatic carbocycles. The van der Waals surface area contributed by atoms with Crippen LogP contribution in [0.1, 0.15) is 26.1 Å². The predicted octanol–water partition coefficient (Wildman–Crippen LogP) is 3.64. The molecule has 21 heavy (non-hydrogen) atoms. The largest absolute Gasteiger partial charge is 0.325 e. The second-order valence-electron chi connectivity index (χ2n) is 4.57. The van der Waals surface area contributed by atoms with Gasteiger partial charge >= 0.3 is 0 Å². The summed E-state index contributed by atoms with van der Waals surface area (Å²) in [5.41, 5.74) is 0.775. The second-order valence-corrected chi connectivity index (χ2v) is 6.79. The summed E-state index contributed by atoms with van der Waals surface area (Å²) in [6.45, 7) is 3.93.